The number of aliphatic hydroxyl groups excluding tert-OH is 1. The zero-order chi connectivity index (χ0) is 13.9. The maximum Gasteiger partial charge on any atom is 0.260 e. The summed E-state index contributed by atoms with van der Waals surface area (Å²) >= 11 is 3.38. The SMILES string of the molecule is OC(c1ccccc1)c1nc(-c2ncccc2Br)no1. The quantitative estimate of drug-likeness (QED) is 0.798. The van der Waals surface area contributed by atoms with Gasteiger partial charge in [-0.1, -0.05) is 35.5 Å². The van der Waals surface area contributed by atoms with Crippen molar-refractivity contribution in [2.45, 2.75) is 6.10 Å². The van der Waals surface area contributed by atoms with Crippen LogP contribution in [0.1, 0.15) is 17.6 Å². The maximum atomic E-state index is 10.2. The van der Waals surface area contributed by atoms with Crippen molar-refractivity contribution in [1.82, 2.24) is 15.1 Å². The number of benzene rings is 1. The van der Waals surface area contributed by atoms with Crippen LogP contribution in [-0.2, 0) is 0 Å². The van der Waals surface area contributed by atoms with Crippen molar-refractivity contribution in [2.24, 2.45) is 0 Å². The Kier molecular flexibility index (Phi) is 3.58. The van der Waals surface area contributed by atoms with E-state index < -0.39 is 6.10 Å². The van der Waals surface area contributed by atoms with Gasteiger partial charge < -0.3 is 9.63 Å². The molecule has 1 unspecified atom stereocenters. The second-order valence-corrected chi connectivity index (χ2v) is 4.96. The molecule has 2 heterocycles. The Hall–Kier alpha value is -2.05. The van der Waals surface area contributed by atoms with E-state index in [0.29, 0.717) is 17.1 Å². The number of rotatable bonds is 3. The van der Waals surface area contributed by atoms with E-state index in [0.717, 1.165) is 4.47 Å². The molecule has 1 atom stereocenters. The number of hydrogen-bond donors (Lipinski definition) is 1. The molecule has 0 aliphatic carbocycles. The topological polar surface area (TPSA) is 72.0 Å². The van der Waals surface area contributed by atoms with Gasteiger partial charge >= 0.3 is 0 Å². The van der Waals surface area contributed by atoms with Crippen molar-refractivity contribution < 1.29 is 9.63 Å². The highest BCUT2D eigenvalue weighted by molar-refractivity contribution is 9.10. The molecule has 6 heteroatoms. The molecule has 0 saturated carbocycles. The molecule has 20 heavy (non-hydrogen) atoms. The molecule has 5 nitrogen and oxygen atoms in total. The van der Waals surface area contributed by atoms with E-state index in [-0.39, 0.29) is 5.89 Å². The molecular weight excluding hydrogens is 322 g/mol. The Morgan fingerprint density at radius 1 is 1.10 bits per heavy atom. The van der Waals surface area contributed by atoms with E-state index in [1.165, 1.54) is 0 Å². The lowest BCUT2D eigenvalue weighted by atomic mass is 10.1. The Morgan fingerprint density at radius 3 is 2.65 bits per heavy atom. The van der Waals surface area contributed by atoms with Gasteiger partial charge in [-0.2, -0.15) is 4.98 Å². The first-order valence-electron chi connectivity index (χ1n) is 5.93. The van der Waals surface area contributed by atoms with Crippen molar-refractivity contribution in [3.8, 4) is 11.5 Å². The fourth-order valence-electron chi connectivity index (χ4n) is 1.77. The molecule has 3 aromatic rings. The molecule has 0 saturated heterocycles. The average Bonchev–Trinajstić information content (AvgIpc) is 2.97. The monoisotopic (exact) mass is 331 g/mol. The highest BCUT2D eigenvalue weighted by atomic mass is 79.9. The first-order valence-corrected chi connectivity index (χ1v) is 6.72. The third-order valence-electron chi connectivity index (χ3n) is 2.76. The number of hydrogen-bond acceptors (Lipinski definition) is 5. The van der Waals surface area contributed by atoms with Crippen LogP contribution in [0.15, 0.2) is 57.7 Å². The van der Waals surface area contributed by atoms with Crippen LogP contribution < -0.4 is 0 Å². The highest BCUT2D eigenvalue weighted by Gasteiger charge is 2.19. The van der Waals surface area contributed by atoms with Crippen LogP contribution in [0.3, 0.4) is 0 Å². The summed E-state index contributed by atoms with van der Waals surface area (Å²) in [4.78, 5) is 8.38. The zero-order valence-corrected chi connectivity index (χ0v) is 11.9. The predicted molar refractivity (Wildman–Crippen MR) is 75.7 cm³/mol. The third-order valence-corrected chi connectivity index (χ3v) is 3.40. The summed E-state index contributed by atoms with van der Waals surface area (Å²) in [5.74, 6) is 0.478. The Balaban J connectivity index is 1.93. The van der Waals surface area contributed by atoms with Crippen LogP contribution in [-0.4, -0.2) is 20.2 Å². The molecule has 1 aromatic carbocycles. The molecule has 0 radical (unpaired) electrons. The molecular formula is C14H10BrN3O2. The van der Waals surface area contributed by atoms with Gasteiger partial charge in [0.05, 0.1) is 0 Å². The summed E-state index contributed by atoms with van der Waals surface area (Å²) in [6, 6.07) is 12.8. The highest BCUT2D eigenvalue weighted by Crippen LogP contribution is 2.26. The van der Waals surface area contributed by atoms with Crippen molar-refractivity contribution in [2.75, 3.05) is 0 Å². The second-order valence-electron chi connectivity index (χ2n) is 4.10. The third kappa shape index (κ3) is 2.48. The van der Waals surface area contributed by atoms with E-state index in [1.807, 2.05) is 24.3 Å². The van der Waals surface area contributed by atoms with Crippen LogP contribution >= 0.6 is 15.9 Å². The summed E-state index contributed by atoms with van der Waals surface area (Å²) in [6.07, 6.45) is 0.698. The van der Waals surface area contributed by atoms with Crippen molar-refractivity contribution in [3.05, 3.63) is 64.6 Å². The summed E-state index contributed by atoms with van der Waals surface area (Å²) in [5, 5.41) is 14.0. The summed E-state index contributed by atoms with van der Waals surface area (Å²) in [6.45, 7) is 0. The molecule has 3 rings (SSSR count). The first kappa shape index (κ1) is 13.0. The van der Waals surface area contributed by atoms with Gasteiger partial charge in [0.15, 0.2) is 6.10 Å². The smallest absolute Gasteiger partial charge is 0.260 e. The van der Waals surface area contributed by atoms with Crippen molar-refractivity contribution in [1.29, 1.82) is 0 Å². The van der Waals surface area contributed by atoms with Crippen molar-refractivity contribution in [3.63, 3.8) is 0 Å². The number of aromatic nitrogens is 3. The van der Waals surface area contributed by atoms with Crippen LogP contribution in [0, 0.1) is 0 Å². The summed E-state index contributed by atoms with van der Waals surface area (Å²) < 4.78 is 5.88. The second kappa shape index (κ2) is 5.52. The molecule has 0 bridgehead atoms. The number of pyridine rings is 1. The van der Waals surface area contributed by atoms with E-state index >= 15 is 0 Å². The van der Waals surface area contributed by atoms with Gasteiger partial charge in [-0.3, -0.25) is 4.98 Å². The van der Waals surface area contributed by atoms with Crippen LogP contribution in [0.25, 0.3) is 11.5 Å². The van der Waals surface area contributed by atoms with E-state index in [2.05, 4.69) is 31.1 Å². The Bertz CT molecular complexity index is 715. The fraction of sp³-hybridized carbons (Fsp3) is 0.0714. The standard InChI is InChI=1S/C14H10BrN3O2/c15-10-7-4-8-16-11(10)13-17-14(20-18-13)12(19)9-5-2-1-3-6-9/h1-8,12,19H. The lowest BCUT2D eigenvalue weighted by Gasteiger charge is -2.04. The molecule has 0 spiro atoms. The fourth-order valence-corrected chi connectivity index (χ4v) is 2.20. The summed E-state index contributed by atoms with van der Waals surface area (Å²) in [7, 11) is 0. The predicted octanol–water partition coefficient (Wildman–Crippen LogP) is 2.98. The van der Waals surface area contributed by atoms with E-state index in [1.54, 1.807) is 24.4 Å². The molecule has 1 N–H and O–H groups in total. The molecule has 0 aliphatic rings. The van der Waals surface area contributed by atoms with Gasteiger partial charge in [0.25, 0.3) is 5.89 Å². The van der Waals surface area contributed by atoms with E-state index in [4.69, 9.17) is 4.52 Å². The maximum absolute atomic E-state index is 10.2. The van der Waals surface area contributed by atoms with E-state index in [9.17, 15) is 5.11 Å². The molecule has 2 aromatic heterocycles. The van der Waals surface area contributed by atoms with Crippen LogP contribution in [0.5, 0.6) is 0 Å². The first-order chi connectivity index (χ1) is 9.75. The van der Waals surface area contributed by atoms with Gasteiger partial charge in [0.2, 0.25) is 5.82 Å². The molecule has 0 aliphatic heterocycles. The zero-order valence-electron chi connectivity index (χ0n) is 10.3. The number of aliphatic hydroxyl groups is 1. The van der Waals surface area contributed by atoms with Gasteiger partial charge in [-0.05, 0) is 33.6 Å². The lowest BCUT2D eigenvalue weighted by Crippen LogP contribution is -1.99. The van der Waals surface area contributed by atoms with Gasteiger partial charge in [0.1, 0.15) is 5.69 Å². The van der Waals surface area contributed by atoms with Crippen LogP contribution in [0.2, 0.25) is 0 Å². The minimum atomic E-state index is -0.945. The Morgan fingerprint density at radius 2 is 1.90 bits per heavy atom. The molecule has 100 valence electrons. The minimum Gasteiger partial charge on any atom is -0.378 e. The van der Waals surface area contributed by atoms with Crippen LogP contribution in [0.4, 0.5) is 0 Å². The Labute approximate surface area is 123 Å². The molecule has 0 amide bonds. The average molecular weight is 332 g/mol. The normalized spacial score (nSPS) is 12.3. The van der Waals surface area contributed by atoms with Gasteiger partial charge in [-0.25, -0.2) is 0 Å². The lowest BCUT2D eigenvalue weighted by molar-refractivity contribution is 0.170. The summed E-state index contributed by atoms with van der Waals surface area (Å²) in [5.41, 5.74) is 1.27. The molecule has 0 fully saturated rings. The minimum absolute atomic E-state index is 0.142. The number of halogens is 1. The number of nitrogens with zero attached hydrogens (tertiary/aromatic N) is 3. The van der Waals surface area contributed by atoms with Gasteiger partial charge in [0, 0.05) is 10.7 Å². The largest absolute Gasteiger partial charge is 0.378 e. The van der Waals surface area contributed by atoms with Gasteiger partial charge in [-0.15, -0.1) is 0 Å². The van der Waals surface area contributed by atoms with Crippen molar-refractivity contribution >= 4 is 15.9 Å².